The van der Waals surface area contributed by atoms with E-state index in [0.717, 1.165) is 18.4 Å². The van der Waals surface area contributed by atoms with Gasteiger partial charge < -0.3 is 10.4 Å². The zero-order chi connectivity index (χ0) is 13.4. The third-order valence-electron chi connectivity index (χ3n) is 4.67. The van der Waals surface area contributed by atoms with E-state index in [1.165, 1.54) is 31.7 Å². The van der Waals surface area contributed by atoms with E-state index in [4.69, 9.17) is 5.11 Å². The summed E-state index contributed by atoms with van der Waals surface area (Å²) in [5.74, 6) is 0.366. The molecular formula is C15H18FNO2. The van der Waals surface area contributed by atoms with Crippen LogP contribution in [-0.4, -0.2) is 17.6 Å². The number of carboxylic acids is 1. The van der Waals surface area contributed by atoms with E-state index in [2.05, 4.69) is 5.32 Å². The van der Waals surface area contributed by atoms with E-state index < -0.39 is 11.8 Å². The molecule has 0 heterocycles. The molecule has 2 fully saturated rings. The first-order chi connectivity index (χ1) is 9.15. The number of benzene rings is 1. The molecule has 3 atom stereocenters. The van der Waals surface area contributed by atoms with Gasteiger partial charge in [0.2, 0.25) is 0 Å². The topological polar surface area (TPSA) is 49.3 Å². The van der Waals surface area contributed by atoms with Crippen molar-refractivity contribution < 1.29 is 14.3 Å². The minimum absolute atomic E-state index is 0.245. The summed E-state index contributed by atoms with van der Waals surface area (Å²) in [6.45, 7) is 0.755. The summed E-state index contributed by atoms with van der Waals surface area (Å²) in [6, 6.07) is 4.37. The van der Waals surface area contributed by atoms with Crippen molar-refractivity contribution in [2.24, 2.45) is 17.8 Å². The Hall–Kier alpha value is -1.58. The molecule has 3 nitrogen and oxygen atoms in total. The molecule has 1 aromatic rings. The summed E-state index contributed by atoms with van der Waals surface area (Å²) in [4.78, 5) is 11.1. The van der Waals surface area contributed by atoms with Crippen LogP contribution in [0.2, 0.25) is 0 Å². The van der Waals surface area contributed by atoms with Crippen LogP contribution in [-0.2, 0) is 0 Å². The Labute approximate surface area is 111 Å². The number of hydrogen-bond donors (Lipinski definition) is 2. The number of halogens is 1. The minimum Gasteiger partial charge on any atom is -0.478 e. The lowest BCUT2D eigenvalue weighted by atomic mass is 9.89. The third kappa shape index (κ3) is 2.31. The number of carboxylic acid groups (broad SMARTS) is 1. The summed E-state index contributed by atoms with van der Waals surface area (Å²) < 4.78 is 13.5. The smallest absolute Gasteiger partial charge is 0.340 e. The van der Waals surface area contributed by atoms with Gasteiger partial charge >= 0.3 is 5.97 Å². The maximum Gasteiger partial charge on any atom is 0.340 e. The first-order valence-electron chi connectivity index (χ1n) is 6.91. The van der Waals surface area contributed by atoms with E-state index in [-0.39, 0.29) is 5.56 Å². The molecule has 3 rings (SSSR count). The Morgan fingerprint density at radius 1 is 1.37 bits per heavy atom. The molecule has 0 aliphatic heterocycles. The molecule has 19 heavy (non-hydrogen) atoms. The fourth-order valence-corrected chi connectivity index (χ4v) is 3.76. The molecule has 0 spiro atoms. The average Bonchev–Trinajstić information content (AvgIpc) is 2.97. The van der Waals surface area contributed by atoms with Crippen molar-refractivity contribution >= 4 is 11.7 Å². The fourth-order valence-electron chi connectivity index (χ4n) is 3.76. The minimum atomic E-state index is -1.21. The van der Waals surface area contributed by atoms with Gasteiger partial charge in [0.25, 0.3) is 0 Å². The first-order valence-corrected chi connectivity index (χ1v) is 6.91. The Kier molecular flexibility index (Phi) is 3.17. The van der Waals surface area contributed by atoms with Crippen LogP contribution in [0.1, 0.15) is 36.0 Å². The van der Waals surface area contributed by atoms with Crippen LogP contribution >= 0.6 is 0 Å². The van der Waals surface area contributed by atoms with Crippen molar-refractivity contribution in [1.82, 2.24) is 0 Å². The Morgan fingerprint density at radius 2 is 2.21 bits per heavy atom. The van der Waals surface area contributed by atoms with Gasteiger partial charge in [0.05, 0.1) is 5.69 Å². The second kappa shape index (κ2) is 4.83. The number of rotatable bonds is 4. The van der Waals surface area contributed by atoms with Crippen molar-refractivity contribution in [3.05, 3.63) is 29.6 Å². The lowest BCUT2D eigenvalue weighted by Crippen LogP contribution is -2.21. The van der Waals surface area contributed by atoms with Gasteiger partial charge in [-0.2, -0.15) is 0 Å². The third-order valence-corrected chi connectivity index (χ3v) is 4.67. The van der Waals surface area contributed by atoms with E-state index in [1.54, 1.807) is 12.1 Å². The average molecular weight is 263 g/mol. The molecule has 2 saturated carbocycles. The summed E-state index contributed by atoms with van der Waals surface area (Å²) in [5.41, 5.74) is 0.154. The number of fused-ring (bicyclic) bond motifs is 2. The molecule has 0 radical (unpaired) electrons. The van der Waals surface area contributed by atoms with Crippen LogP contribution in [0.3, 0.4) is 0 Å². The second-order valence-electron chi connectivity index (χ2n) is 5.78. The van der Waals surface area contributed by atoms with Gasteiger partial charge in [0, 0.05) is 6.54 Å². The normalized spacial score (nSPS) is 28.6. The number of nitrogens with one attached hydrogen (secondary N) is 1. The van der Waals surface area contributed by atoms with Crippen molar-refractivity contribution in [3.63, 3.8) is 0 Å². The quantitative estimate of drug-likeness (QED) is 0.875. The van der Waals surface area contributed by atoms with E-state index >= 15 is 0 Å². The second-order valence-corrected chi connectivity index (χ2v) is 5.78. The van der Waals surface area contributed by atoms with Gasteiger partial charge in [0.1, 0.15) is 11.4 Å². The molecule has 2 aliphatic rings. The molecule has 2 bridgehead atoms. The molecule has 1 aromatic carbocycles. The molecule has 3 unspecified atom stereocenters. The predicted molar refractivity (Wildman–Crippen MR) is 70.8 cm³/mol. The summed E-state index contributed by atoms with van der Waals surface area (Å²) in [5, 5.41) is 12.2. The maximum atomic E-state index is 13.5. The highest BCUT2D eigenvalue weighted by molar-refractivity contribution is 5.94. The highest BCUT2D eigenvalue weighted by atomic mass is 19.1. The van der Waals surface area contributed by atoms with Crippen molar-refractivity contribution in [2.75, 3.05) is 11.9 Å². The van der Waals surface area contributed by atoms with E-state index in [9.17, 15) is 9.18 Å². The summed E-state index contributed by atoms with van der Waals surface area (Å²) in [6.07, 6.45) is 5.20. The van der Waals surface area contributed by atoms with Gasteiger partial charge in [-0.25, -0.2) is 9.18 Å². The SMILES string of the molecule is O=C(O)c1c(F)cccc1NCC1CC2CCC1C2. The van der Waals surface area contributed by atoms with Crippen LogP contribution in [0, 0.1) is 23.6 Å². The lowest BCUT2D eigenvalue weighted by molar-refractivity contribution is 0.0693. The van der Waals surface area contributed by atoms with Gasteiger partial charge in [-0.05, 0) is 49.1 Å². The van der Waals surface area contributed by atoms with Gasteiger partial charge in [0.15, 0.2) is 0 Å². The molecule has 0 saturated heterocycles. The molecule has 0 amide bonds. The highest BCUT2D eigenvalue weighted by Gasteiger charge is 2.39. The monoisotopic (exact) mass is 263 g/mol. The van der Waals surface area contributed by atoms with Crippen LogP contribution in [0.25, 0.3) is 0 Å². The number of anilines is 1. The van der Waals surface area contributed by atoms with Crippen molar-refractivity contribution in [2.45, 2.75) is 25.7 Å². The first kappa shape index (κ1) is 12.5. The van der Waals surface area contributed by atoms with E-state index in [1.807, 2.05) is 0 Å². The summed E-state index contributed by atoms with van der Waals surface area (Å²) >= 11 is 0. The zero-order valence-electron chi connectivity index (χ0n) is 10.7. The maximum absolute atomic E-state index is 13.5. The standard InChI is InChI=1S/C15H18FNO2/c16-12-2-1-3-13(14(12)15(18)19)17-8-11-7-9-4-5-10(11)6-9/h1-3,9-11,17H,4-8H2,(H,18,19). The molecule has 4 heteroatoms. The highest BCUT2D eigenvalue weighted by Crippen LogP contribution is 2.48. The number of aromatic carboxylic acids is 1. The molecule has 2 aliphatic carbocycles. The Bertz CT molecular complexity index is 503. The van der Waals surface area contributed by atoms with Crippen LogP contribution in [0.5, 0.6) is 0 Å². The molecule has 0 aromatic heterocycles. The van der Waals surface area contributed by atoms with Gasteiger partial charge in [-0.15, -0.1) is 0 Å². The van der Waals surface area contributed by atoms with Gasteiger partial charge in [-0.1, -0.05) is 12.5 Å². The number of hydrogen-bond acceptors (Lipinski definition) is 2. The molecular weight excluding hydrogens is 245 g/mol. The van der Waals surface area contributed by atoms with Crippen molar-refractivity contribution in [3.8, 4) is 0 Å². The lowest BCUT2D eigenvalue weighted by Gasteiger charge is -2.22. The summed E-state index contributed by atoms with van der Waals surface area (Å²) in [7, 11) is 0. The van der Waals surface area contributed by atoms with Crippen LogP contribution in [0.4, 0.5) is 10.1 Å². The Morgan fingerprint density at radius 3 is 2.84 bits per heavy atom. The predicted octanol–water partition coefficient (Wildman–Crippen LogP) is 3.37. The van der Waals surface area contributed by atoms with Crippen LogP contribution in [0.15, 0.2) is 18.2 Å². The zero-order valence-corrected chi connectivity index (χ0v) is 10.7. The molecule has 102 valence electrons. The van der Waals surface area contributed by atoms with E-state index in [0.29, 0.717) is 11.6 Å². The van der Waals surface area contributed by atoms with Gasteiger partial charge in [-0.3, -0.25) is 0 Å². The Balaban J connectivity index is 1.70. The number of carbonyl (C=O) groups is 1. The van der Waals surface area contributed by atoms with Crippen molar-refractivity contribution in [1.29, 1.82) is 0 Å². The molecule has 2 N–H and O–H groups in total. The fraction of sp³-hybridized carbons (Fsp3) is 0.533. The largest absolute Gasteiger partial charge is 0.478 e. The van der Waals surface area contributed by atoms with Crippen LogP contribution < -0.4 is 5.32 Å².